The molecule has 0 saturated carbocycles. The van der Waals surface area contributed by atoms with Crippen LogP contribution in [0.25, 0.3) is 11.3 Å². The molecule has 7 nitrogen and oxygen atoms in total. The van der Waals surface area contributed by atoms with Gasteiger partial charge in [0.2, 0.25) is 0 Å². The second-order valence-corrected chi connectivity index (χ2v) is 14.9. The van der Waals surface area contributed by atoms with Crippen LogP contribution in [0.5, 0.6) is 17.2 Å². The molecule has 2 aromatic heterocycles. The number of ether oxygens (including phenoxy) is 2. The van der Waals surface area contributed by atoms with Gasteiger partial charge in [0.1, 0.15) is 5.75 Å². The molecule has 0 bridgehead atoms. The highest BCUT2D eigenvalue weighted by Crippen LogP contribution is 2.47. The van der Waals surface area contributed by atoms with Gasteiger partial charge in [0.05, 0.1) is 18.9 Å². The van der Waals surface area contributed by atoms with E-state index in [9.17, 15) is 0 Å². The van der Waals surface area contributed by atoms with Crippen LogP contribution in [0.1, 0.15) is 45.7 Å². The Morgan fingerprint density at radius 1 is 1.03 bits per heavy atom. The van der Waals surface area contributed by atoms with E-state index < -0.39 is 8.32 Å². The first-order valence-electron chi connectivity index (χ1n) is 12.0. The molecule has 0 amide bonds. The lowest BCUT2D eigenvalue weighted by Crippen LogP contribution is -2.44. The number of hydrogen-bond acceptors (Lipinski definition) is 6. The quantitative estimate of drug-likeness (QED) is 0.298. The van der Waals surface area contributed by atoms with Crippen molar-refractivity contribution in [2.75, 3.05) is 18.5 Å². The van der Waals surface area contributed by atoms with Crippen molar-refractivity contribution < 1.29 is 13.9 Å². The second kappa shape index (κ2) is 8.98. The largest absolute Gasteiger partial charge is 0.541 e. The first-order valence-corrected chi connectivity index (χ1v) is 14.9. The van der Waals surface area contributed by atoms with Gasteiger partial charge in [-0.1, -0.05) is 20.8 Å². The van der Waals surface area contributed by atoms with Crippen molar-refractivity contribution in [2.45, 2.75) is 59.2 Å². The summed E-state index contributed by atoms with van der Waals surface area (Å²) in [6, 6.07) is 8.06. The summed E-state index contributed by atoms with van der Waals surface area (Å²) < 4.78 is 20.4. The van der Waals surface area contributed by atoms with E-state index in [-0.39, 0.29) is 5.04 Å². The third-order valence-electron chi connectivity index (χ3n) is 6.72. The number of fused-ring (bicyclic) bond motifs is 3. The zero-order valence-corrected chi connectivity index (χ0v) is 22.6. The molecular weight excluding hydrogens is 444 g/mol. The highest BCUT2D eigenvalue weighted by molar-refractivity contribution is 6.74. The number of nitrogens with one attached hydrogen (secondary N) is 1. The zero-order valence-electron chi connectivity index (χ0n) is 21.6. The predicted molar refractivity (Wildman–Crippen MR) is 139 cm³/mol. The summed E-state index contributed by atoms with van der Waals surface area (Å²) in [7, 11) is -0.0630. The van der Waals surface area contributed by atoms with Crippen LogP contribution < -0.4 is 19.2 Å². The third kappa shape index (κ3) is 4.38. The molecule has 0 radical (unpaired) electrons. The van der Waals surface area contributed by atoms with Crippen LogP contribution in [0, 0.1) is 0 Å². The molecule has 1 aliphatic carbocycles. The minimum Gasteiger partial charge on any atom is -0.541 e. The second-order valence-electron chi connectivity index (χ2n) is 10.1. The molecule has 1 aliphatic rings. The number of hydrogen-bond donors (Lipinski definition) is 1. The lowest BCUT2D eigenvalue weighted by Gasteiger charge is -2.37. The average molecular weight is 481 g/mol. The Labute approximate surface area is 203 Å². The van der Waals surface area contributed by atoms with E-state index in [0.29, 0.717) is 24.8 Å². The van der Waals surface area contributed by atoms with Gasteiger partial charge in [0.25, 0.3) is 8.32 Å². The fraction of sp³-hybridized carbons (Fsp3) is 0.462. The molecule has 1 aromatic carbocycles. The van der Waals surface area contributed by atoms with Crippen LogP contribution in [-0.4, -0.2) is 36.3 Å². The fourth-order valence-electron chi connectivity index (χ4n) is 3.98. The molecule has 0 aliphatic heterocycles. The van der Waals surface area contributed by atoms with Gasteiger partial charge >= 0.3 is 0 Å². The molecule has 8 heteroatoms. The monoisotopic (exact) mass is 480 g/mol. The van der Waals surface area contributed by atoms with Crippen LogP contribution in [0.4, 0.5) is 11.6 Å². The lowest BCUT2D eigenvalue weighted by atomic mass is 10.1. The molecule has 0 saturated heterocycles. The number of anilines is 2. The van der Waals surface area contributed by atoms with E-state index in [1.165, 1.54) is 5.56 Å². The number of aromatic nitrogens is 3. The van der Waals surface area contributed by atoms with Crippen molar-refractivity contribution in [3.63, 3.8) is 0 Å². The van der Waals surface area contributed by atoms with Crippen molar-refractivity contribution >= 4 is 20.0 Å². The summed E-state index contributed by atoms with van der Waals surface area (Å²) in [6.45, 7) is 16.4. The Hall–Kier alpha value is -3.00. The predicted octanol–water partition coefficient (Wildman–Crippen LogP) is 6.31. The number of nitrogens with zero attached hydrogens (tertiary/aromatic N) is 3. The van der Waals surface area contributed by atoms with E-state index >= 15 is 0 Å². The van der Waals surface area contributed by atoms with Gasteiger partial charge < -0.3 is 19.2 Å². The van der Waals surface area contributed by atoms with Crippen LogP contribution in [0.15, 0.2) is 30.5 Å². The summed E-state index contributed by atoms with van der Waals surface area (Å²) in [5.41, 5.74) is 4.58. The molecule has 0 fully saturated rings. The third-order valence-corrected chi connectivity index (χ3v) is 11.1. The maximum atomic E-state index is 6.72. The molecule has 3 aromatic rings. The number of rotatable bonds is 8. The fourth-order valence-corrected chi connectivity index (χ4v) is 4.99. The average Bonchev–Trinajstić information content (AvgIpc) is 3.26. The summed E-state index contributed by atoms with van der Waals surface area (Å²) in [4.78, 5) is 4.47. The Kier molecular flexibility index (Phi) is 6.37. The van der Waals surface area contributed by atoms with Gasteiger partial charge in [-0.2, -0.15) is 5.10 Å². The Morgan fingerprint density at radius 3 is 2.41 bits per heavy atom. The molecular formula is C26H36N4O3Si. The first kappa shape index (κ1) is 24.1. The maximum absolute atomic E-state index is 6.72. The van der Waals surface area contributed by atoms with E-state index in [0.717, 1.165) is 40.6 Å². The van der Waals surface area contributed by atoms with E-state index in [1.54, 1.807) is 6.20 Å². The van der Waals surface area contributed by atoms with Crippen molar-refractivity contribution in [3.05, 3.63) is 41.6 Å². The minimum atomic E-state index is -2.04. The normalized spacial score (nSPS) is 12.8. The number of aryl methyl sites for hydroxylation is 1. The molecule has 1 N–H and O–H groups in total. The van der Waals surface area contributed by atoms with Crippen LogP contribution >= 0.6 is 0 Å². The molecule has 0 spiro atoms. The lowest BCUT2D eigenvalue weighted by molar-refractivity contribution is 0.325. The molecule has 2 heterocycles. The number of benzene rings is 1. The SMILES string of the molecule is CCOc1cc2c(cc1O[Si](C)(C)C(C)(C)C)-c1c(c(Nc3ncccc3OCC)nn1C)C2. The van der Waals surface area contributed by atoms with E-state index in [2.05, 4.69) is 56.3 Å². The van der Waals surface area contributed by atoms with Crippen LogP contribution in [0.2, 0.25) is 18.1 Å². The summed E-state index contributed by atoms with van der Waals surface area (Å²) in [5.74, 6) is 3.80. The molecule has 34 heavy (non-hydrogen) atoms. The summed E-state index contributed by atoms with van der Waals surface area (Å²) in [5, 5.41) is 8.27. The van der Waals surface area contributed by atoms with Crippen molar-refractivity contribution in [2.24, 2.45) is 7.05 Å². The van der Waals surface area contributed by atoms with Crippen molar-refractivity contribution in [1.29, 1.82) is 0 Å². The standard InChI is InChI=1S/C26H36N4O3Si/c1-9-31-20-12-11-13-27-25(20)28-24-19-14-17-15-21(32-10-2)22(33-34(7,8)26(3,4)5)16-18(17)23(19)30(6)29-24/h11-13,15-16H,9-10,14H2,1-8H3,(H,27,28,29). The van der Waals surface area contributed by atoms with Gasteiger partial charge in [0, 0.05) is 30.8 Å². The van der Waals surface area contributed by atoms with E-state index in [4.69, 9.17) is 19.0 Å². The van der Waals surface area contributed by atoms with E-state index in [1.807, 2.05) is 37.7 Å². The number of pyridine rings is 1. The Bertz CT molecular complexity index is 1200. The van der Waals surface area contributed by atoms with Gasteiger partial charge in [-0.25, -0.2) is 4.98 Å². The summed E-state index contributed by atoms with van der Waals surface area (Å²) >= 11 is 0. The first-order chi connectivity index (χ1) is 16.1. The Balaban J connectivity index is 1.74. The van der Waals surface area contributed by atoms with Crippen molar-refractivity contribution in [3.8, 4) is 28.5 Å². The smallest absolute Gasteiger partial charge is 0.250 e. The van der Waals surface area contributed by atoms with Crippen LogP contribution in [0.3, 0.4) is 0 Å². The Morgan fingerprint density at radius 2 is 1.74 bits per heavy atom. The summed E-state index contributed by atoms with van der Waals surface area (Å²) in [6.07, 6.45) is 2.51. The van der Waals surface area contributed by atoms with Gasteiger partial charge in [-0.3, -0.25) is 4.68 Å². The molecule has 0 unspecified atom stereocenters. The van der Waals surface area contributed by atoms with Crippen molar-refractivity contribution in [1.82, 2.24) is 14.8 Å². The maximum Gasteiger partial charge on any atom is 0.250 e. The van der Waals surface area contributed by atoms with Gasteiger partial charge in [0.15, 0.2) is 23.1 Å². The van der Waals surface area contributed by atoms with Gasteiger partial charge in [-0.15, -0.1) is 0 Å². The van der Waals surface area contributed by atoms with Crippen LogP contribution in [-0.2, 0) is 13.5 Å². The van der Waals surface area contributed by atoms with Gasteiger partial charge in [-0.05, 0) is 61.8 Å². The highest BCUT2D eigenvalue weighted by atomic mass is 28.4. The minimum absolute atomic E-state index is 0.0885. The molecule has 0 atom stereocenters. The molecule has 4 rings (SSSR count). The topological polar surface area (TPSA) is 70.4 Å². The highest BCUT2D eigenvalue weighted by Gasteiger charge is 2.40. The molecule has 182 valence electrons. The zero-order chi connectivity index (χ0) is 24.7.